The lowest BCUT2D eigenvalue weighted by atomic mass is 10.1. The Kier molecular flexibility index (Phi) is 15.2. The second kappa shape index (κ2) is 16.0. The van der Waals surface area contributed by atoms with Gasteiger partial charge in [0.05, 0.1) is 6.61 Å². The zero-order chi connectivity index (χ0) is 14.9. The summed E-state index contributed by atoms with van der Waals surface area (Å²) in [5.74, 6) is -0.164. The minimum Gasteiger partial charge on any atom is -0.466 e. The van der Waals surface area contributed by atoms with Crippen LogP contribution in [-0.2, 0) is 9.53 Å². The van der Waals surface area contributed by atoms with Crippen LogP contribution >= 0.6 is 0 Å². The molecule has 0 atom stereocenters. The fourth-order valence-electron chi connectivity index (χ4n) is 1.98. The lowest BCUT2D eigenvalue weighted by molar-refractivity contribution is -0.141. The average Bonchev–Trinajstić information content (AvgIpc) is 2.43. The Bertz CT molecular complexity index is 267. The number of allylic oxidation sites excluding steroid dienone is 4. The van der Waals surface area contributed by atoms with Gasteiger partial charge in [-0.15, -0.1) is 0 Å². The van der Waals surface area contributed by atoms with E-state index in [2.05, 4.69) is 31.2 Å². The van der Waals surface area contributed by atoms with E-state index in [0.717, 1.165) is 6.42 Å². The van der Waals surface area contributed by atoms with Crippen LogP contribution in [0.4, 0.5) is 0 Å². The highest BCUT2D eigenvalue weighted by atomic mass is 16.5. The van der Waals surface area contributed by atoms with Gasteiger partial charge < -0.3 is 4.74 Å². The van der Waals surface area contributed by atoms with Crippen LogP contribution in [0.3, 0.4) is 0 Å². The summed E-state index contributed by atoms with van der Waals surface area (Å²) in [5, 5.41) is 0. The first-order valence-electron chi connectivity index (χ1n) is 8.22. The molecule has 0 aliphatic carbocycles. The molecule has 0 rings (SSSR count). The van der Waals surface area contributed by atoms with E-state index in [1.165, 1.54) is 64.7 Å². The number of esters is 1. The summed E-state index contributed by atoms with van der Waals surface area (Å²) in [6.45, 7) is 4.25. The molecule has 2 nitrogen and oxygen atoms in total. The van der Waals surface area contributed by atoms with Crippen molar-refractivity contribution in [2.75, 3.05) is 6.61 Å². The van der Waals surface area contributed by atoms with Gasteiger partial charge in [0.15, 0.2) is 0 Å². The first-order valence-corrected chi connectivity index (χ1v) is 8.22. The zero-order valence-electron chi connectivity index (χ0n) is 13.4. The normalized spacial score (nSPS) is 11.5. The molecule has 2 heteroatoms. The van der Waals surface area contributed by atoms with Gasteiger partial charge in [0.1, 0.15) is 0 Å². The van der Waals surface area contributed by atoms with Crippen molar-refractivity contribution in [3.05, 3.63) is 24.3 Å². The molecule has 0 fully saturated rings. The molecule has 0 bridgehead atoms. The standard InChI is InChI=1S/C18H32O2/c1-3-4-5-6-7-8-9-10-11-12-13-14-15-16-17-20-18(2)19/h5-8H,3-4,9-17H2,1-2H3/b6-5+,8-7+. The third-order valence-electron chi connectivity index (χ3n) is 3.16. The minimum absolute atomic E-state index is 0.164. The maximum Gasteiger partial charge on any atom is 0.302 e. The Hall–Kier alpha value is -1.05. The quantitative estimate of drug-likeness (QED) is 0.250. The predicted octanol–water partition coefficient (Wildman–Crippen LogP) is 5.58. The maximum absolute atomic E-state index is 10.5. The van der Waals surface area contributed by atoms with Gasteiger partial charge in [-0.1, -0.05) is 69.8 Å². The van der Waals surface area contributed by atoms with Gasteiger partial charge in [-0.25, -0.2) is 0 Å². The topological polar surface area (TPSA) is 26.3 Å². The largest absolute Gasteiger partial charge is 0.466 e. The molecule has 0 saturated heterocycles. The number of hydrogen-bond donors (Lipinski definition) is 0. The number of carbonyl (C=O) groups excluding carboxylic acids is 1. The zero-order valence-corrected chi connectivity index (χ0v) is 13.4. The molecule has 0 radical (unpaired) electrons. The fraction of sp³-hybridized carbons (Fsp3) is 0.722. The van der Waals surface area contributed by atoms with Crippen LogP contribution in [0.1, 0.15) is 78.1 Å². The molecule has 0 heterocycles. The number of hydrogen-bond acceptors (Lipinski definition) is 2. The summed E-state index contributed by atoms with van der Waals surface area (Å²) in [5.41, 5.74) is 0. The van der Waals surface area contributed by atoms with Crippen molar-refractivity contribution < 1.29 is 9.53 Å². The molecule has 20 heavy (non-hydrogen) atoms. The van der Waals surface area contributed by atoms with Crippen molar-refractivity contribution in [3.8, 4) is 0 Å². The number of ether oxygens (including phenoxy) is 1. The van der Waals surface area contributed by atoms with Gasteiger partial charge in [-0.2, -0.15) is 0 Å². The molecule has 0 aromatic heterocycles. The molecule has 0 aromatic rings. The van der Waals surface area contributed by atoms with E-state index in [1.54, 1.807) is 0 Å². The molecule has 0 aliphatic rings. The molecular formula is C18H32O2. The van der Waals surface area contributed by atoms with E-state index in [0.29, 0.717) is 6.61 Å². The van der Waals surface area contributed by atoms with Gasteiger partial charge >= 0.3 is 5.97 Å². The Morgan fingerprint density at radius 2 is 1.40 bits per heavy atom. The monoisotopic (exact) mass is 280 g/mol. The highest BCUT2D eigenvalue weighted by Crippen LogP contribution is 2.09. The van der Waals surface area contributed by atoms with Crippen LogP contribution in [-0.4, -0.2) is 12.6 Å². The summed E-state index contributed by atoms with van der Waals surface area (Å²) >= 11 is 0. The van der Waals surface area contributed by atoms with Crippen molar-refractivity contribution in [1.29, 1.82) is 0 Å². The van der Waals surface area contributed by atoms with Gasteiger partial charge in [-0.05, 0) is 25.7 Å². The molecule has 0 spiro atoms. The van der Waals surface area contributed by atoms with Crippen molar-refractivity contribution in [2.45, 2.75) is 78.1 Å². The van der Waals surface area contributed by atoms with Crippen LogP contribution in [0.15, 0.2) is 24.3 Å². The Labute approximate surface area is 125 Å². The van der Waals surface area contributed by atoms with Crippen molar-refractivity contribution >= 4 is 5.97 Å². The number of unbranched alkanes of at least 4 members (excludes halogenated alkanes) is 8. The summed E-state index contributed by atoms with van der Waals surface area (Å²) in [7, 11) is 0. The van der Waals surface area contributed by atoms with E-state index >= 15 is 0 Å². The number of rotatable bonds is 13. The minimum atomic E-state index is -0.164. The van der Waals surface area contributed by atoms with E-state index < -0.39 is 0 Å². The van der Waals surface area contributed by atoms with Crippen LogP contribution < -0.4 is 0 Å². The lowest BCUT2D eigenvalue weighted by Crippen LogP contribution is -1.99. The Morgan fingerprint density at radius 1 is 0.850 bits per heavy atom. The van der Waals surface area contributed by atoms with Crippen molar-refractivity contribution in [1.82, 2.24) is 0 Å². The molecule has 116 valence electrons. The maximum atomic E-state index is 10.5. The molecule has 0 amide bonds. The average molecular weight is 280 g/mol. The predicted molar refractivity (Wildman–Crippen MR) is 86.8 cm³/mol. The van der Waals surface area contributed by atoms with Gasteiger partial charge in [-0.3, -0.25) is 4.79 Å². The summed E-state index contributed by atoms with van der Waals surface area (Å²) < 4.78 is 4.90. The molecule has 0 aromatic carbocycles. The number of carbonyl (C=O) groups is 1. The van der Waals surface area contributed by atoms with Gasteiger partial charge in [0, 0.05) is 6.92 Å². The SMILES string of the molecule is CCC/C=C/C=C/CCCCCCCCCOC(C)=O. The summed E-state index contributed by atoms with van der Waals surface area (Å²) in [6.07, 6.45) is 21.1. The second-order valence-electron chi connectivity index (χ2n) is 5.25. The summed E-state index contributed by atoms with van der Waals surface area (Å²) in [6, 6.07) is 0. The third-order valence-corrected chi connectivity index (χ3v) is 3.16. The first kappa shape index (κ1) is 18.9. The first-order chi connectivity index (χ1) is 9.77. The Balaban J connectivity index is 3.11. The summed E-state index contributed by atoms with van der Waals surface area (Å²) in [4.78, 5) is 10.5. The molecular weight excluding hydrogens is 248 g/mol. The highest BCUT2D eigenvalue weighted by molar-refractivity contribution is 5.65. The highest BCUT2D eigenvalue weighted by Gasteiger charge is 1.94. The van der Waals surface area contributed by atoms with Crippen LogP contribution in [0.5, 0.6) is 0 Å². The van der Waals surface area contributed by atoms with Crippen molar-refractivity contribution in [2.24, 2.45) is 0 Å². The van der Waals surface area contributed by atoms with Crippen molar-refractivity contribution in [3.63, 3.8) is 0 Å². The molecule has 0 N–H and O–H groups in total. The fourth-order valence-corrected chi connectivity index (χ4v) is 1.98. The smallest absolute Gasteiger partial charge is 0.302 e. The van der Waals surface area contributed by atoms with Crippen LogP contribution in [0.25, 0.3) is 0 Å². The van der Waals surface area contributed by atoms with Crippen LogP contribution in [0, 0.1) is 0 Å². The van der Waals surface area contributed by atoms with Gasteiger partial charge in [0.25, 0.3) is 0 Å². The van der Waals surface area contributed by atoms with E-state index in [-0.39, 0.29) is 5.97 Å². The van der Waals surface area contributed by atoms with Crippen LogP contribution in [0.2, 0.25) is 0 Å². The second-order valence-corrected chi connectivity index (χ2v) is 5.25. The molecule has 0 aliphatic heterocycles. The van der Waals surface area contributed by atoms with E-state index in [9.17, 15) is 4.79 Å². The third kappa shape index (κ3) is 16.9. The molecule has 0 saturated carbocycles. The Morgan fingerprint density at radius 3 is 2.00 bits per heavy atom. The van der Waals surface area contributed by atoms with E-state index in [4.69, 9.17) is 4.74 Å². The lowest BCUT2D eigenvalue weighted by Gasteiger charge is -2.02. The molecule has 0 unspecified atom stereocenters. The van der Waals surface area contributed by atoms with E-state index in [1.807, 2.05) is 0 Å². The van der Waals surface area contributed by atoms with Gasteiger partial charge in [0.2, 0.25) is 0 Å².